The number of rotatable bonds is 6. The van der Waals surface area contributed by atoms with Gasteiger partial charge in [-0.2, -0.15) is 0 Å². The molecule has 5 heteroatoms. The first-order chi connectivity index (χ1) is 8.07. The van der Waals surface area contributed by atoms with Gasteiger partial charge >= 0.3 is 5.97 Å². The third-order valence-electron chi connectivity index (χ3n) is 2.46. The van der Waals surface area contributed by atoms with Crippen LogP contribution in [0.4, 0.5) is 10.1 Å². The standard InChI is InChI=1S/C12H16FNO3/c1-14(7-4-8-17-2)10-6-3-5-9(13)11(10)12(15)16/h3,5-6H,4,7-8H2,1-2H3,(H,15,16). The van der Waals surface area contributed by atoms with E-state index in [-0.39, 0.29) is 5.56 Å². The number of ether oxygens (including phenoxy) is 1. The highest BCUT2D eigenvalue weighted by Gasteiger charge is 2.17. The normalized spacial score (nSPS) is 10.3. The van der Waals surface area contributed by atoms with Gasteiger partial charge in [0.15, 0.2) is 0 Å². The Balaban J connectivity index is 2.89. The quantitative estimate of drug-likeness (QED) is 0.774. The number of carboxylic acid groups (broad SMARTS) is 1. The second-order valence-corrected chi connectivity index (χ2v) is 3.71. The number of anilines is 1. The first kappa shape index (κ1) is 13.4. The van der Waals surface area contributed by atoms with Crippen LogP contribution in [0.25, 0.3) is 0 Å². The Morgan fingerprint density at radius 2 is 2.24 bits per heavy atom. The molecule has 4 nitrogen and oxygen atoms in total. The lowest BCUT2D eigenvalue weighted by molar-refractivity contribution is 0.0692. The van der Waals surface area contributed by atoms with Gasteiger partial charge in [0.05, 0.1) is 5.69 Å². The van der Waals surface area contributed by atoms with E-state index in [0.717, 1.165) is 12.5 Å². The van der Waals surface area contributed by atoms with Crippen LogP contribution in [0.5, 0.6) is 0 Å². The molecule has 1 aromatic rings. The van der Waals surface area contributed by atoms with E-state index in [1.165, 1.54) is 6.07 Å². The molecule has 0 fully saturated rings. The third-order valence-corrected chi connectivity index (χ3v) is 2.46. The maximum Gasteiger partial charge on any atom is 0.340 e. The first-order valence-electron chi connectivity index (χ1n) is 5.29. The van der Waals surface area contributed by atoms with Gasteiger partial charge in [-0.3, -0.25) is 0 Å². The summed E-state index contributed by atoms with van der Waals surface area (Å²) in [5.74, 6) is -1.97. The number of hydrogen-bond acceptors (Lipinski definition) is 3. The Bertz CT molecular complexity index is 395. The molecule has 1 rings (SSSR count). The Hall–Kier alpha value is -1.62. The summed E-state index contributed by atoms with van der Waals surface area (Å²) in [4.78, 5) is 12.7. The Morgan fingerprint density at radius 3 is 2.82 bits per heavy atom. The maximum atomic E-state index is 13.4. The molecular weight excluding hydrogens is 225 g/mol. The van der Waals surface area contributed by atoms with Crippen molar-refractivity contribution in [2.45, 2.75) is 6.42 Å². The smallest absolute Gasteiger partial charge is 0.340 e. The SMILES string of the molecule is COCCCN(C)c1cccc(F)c1C(=O)O. The van der Waals surface area contributed by atoms with E-state index in [0.29, 0.717) is 18.8 Å². The highest BCUT2D eigenvalue weighted by Crippen LogP contribution is 2.22. The van der Waals surface area contributed by atoms with Crippen LogP contribution in [0.2, 0.25) is 0 Å². The van der Waals surface area contributed by atoms with Crippen LogP contribution in [0, 0.1) is 5.82 Å². The number of aromatic carboxylic acids is 1. The van der Waals surface area contributed by atoms with E-state index in [2.05, 4.69) is 0 Å². The summed E-state index contributed by atoms with van der Waals surface area (Å²) in [5.41, 5.74) is 0.0982. The van der Waals surface area contributed by atoms with Gasteiger partial charge in [0, 0.05) is 27.3 Å². The van der Waals surface area contributed by atoms with Crippen molar-refractivity contribution in [3.63, 3.8) is 0 Å². The van der Waals surface area contributed by atoms with Crippen LogP contribution >= 0.6 is 0 Å². The van der Waals surface area contributed by atoms with E-state index in [1.807, 2.05) is 0 Å². The first-order valence-corrected chi connectivity index (χ1v) is 5.29. The minimum atomic E-state index is -1.25. The Kier molecular flexibility index (Phi) is 4.90. The minimum Gasteiger partial charge on any atom is -0.478 e. The molecule has 0 heterocycles. The van der Waals surface area contributed by atoms with Crippen molar-refractivity contribution in [1.82, 2.24) is 0 Å². The van der Waals surface area contributed by atoms with Crippen molar-refractivity contribution >= 4 is 11.7 Å². The fourth-order valence-corrected chi connectivity index (χ4v) is 1.61. The van der Waals surface area contributed by atoms with Crippen molar-refractivity contribution in [1.29, 1.82) is 0 Å². The molecule has 0 atom stereocenters. The average molecular weight is 241 g/mol. The lowest BCUT2D eigenvalue weighted by Crippen LogP contribution is -2.22. The molecule has 0 aliphatic rings. The number of carboxylic acids is 1. The predicted molar refractivity (Wildman–Crippen MR) is 63.1 cm³/mol. The summed E-state index contributed by atoms with van der Waals surface area (Å²) in [5, 5.41) is 8.98. The molecule has 0 aromatic heterocycles. The molecule has 0 saturated carbocycles. The van der Waals surface area contributed by atoms with Crippen molar-refractivity contribution < 1.29 is 19.0 Å². The highest BCUT2D eigenvalue weighted by molar-refractivity contribution is 5.94. The molecule has 94 valence electrons. The van der Waals surface area contributed by atoms with Crippen molar-refractivity contribution in [2.75, 3.05) is 32.2 Å². The Labute approximate surface area is 99.6 Å². The lowest BCUT2D eigenvalue weighted by Gasteiger charge is -2.21. The van der Waals surface area contributed by atoms with Crippen LogP contribution in [0.3, 0.4) is 0 Å². The summed E-state index contributed by atoms with van der Waals surface area (Å²) in [6, 6.07) is 4.25. The van der Waals surface area contributed by atoms with E-state index in [1.54, 1.807) is 25.1 Å². The fraction of sp³-hybridized carbons (Fsp3) is 0.417. The van der Waals surface area contributed by atoms with Gasteiger partial charge in [0.1, 0.15) is 11.4 Å². The monoisotopic (exact) mass is 241 g/mol. The van der Waals surface area contributed by atoms with Crippen LogP contribution in [0.15, 0.2) is 18.2 Å². The Morgan fingerprint density at radius 1 is 1.53 bits per heavy atom. The second-order valence-electron chi connectivity index (χ2n) is 3.71. The van der Waals surface area contributed by atoms with Gasteiger partial charge < -0.3 is 14.7 Å². The molecule has 0 aliphatic heterocycles. The molecule has 1 aromatic carbocycles. The van der Waals surface area contributed by atoms with Crippen molar-refractivity contribution in [2.24, 2.45) is 0 Å². The van der Waals surface area contributed by atoms with Gasteiger partial charge in [0.2, 0.25) is 0 Å². The van der Waals surface area contributed by atoms with Crippen LogP contribution in [0.1, 0.15) is 16.8 Å². The average Bonchev–Trinajstić information content (AvgIpc) is 2.28. The zero-order valence-electron chi connectivity index (χ0n) is 9.94. The number of halogens is 1. The van der Waals surface area contributed by atoms with Crippen LogP contribution in [-0.2, 0) is 4.74 Å². The van der Waals surface area contributed by atoms with Crippen LogP contribution in [-0.4, -0.2) is 38.4 Å². The summed E-state index contributed by atoms with van der Waals surface area (Å²) in [6.07, 6.45) is 0.753. The van der Waals surface area contributed by atoms with E-state index < -0.39 is 11.8 Å². The van der Waals surface area contributed by atoms with Gasteiger partial charge in [0.25, 0.3) is 0 Å². The van der Waals surface area contributed by atoms with Gasteiger partial charge in [-0.05, 0) is 18.6 Å². The van der Waals surface area contributed by atoms with Gasteiger partial charge in [-0.25, -0.2) is 9.18 Å². The molecule has 0 saturated heterocycles. The van der Waals surface area contributed by atoms with E-state index in [9.17, 15) is 9.18 Å². The molecule has 0 unspecified atom stereocenters. The largest absolute Gasteiger partial charge is 0.478 e. The summed E-state index contributed by atoms with van der Waals surface area (Å²) in [7, 11) is 3.34. The number of methoxy groups -OCH3 is 1. The molecule has 0 radical (unpaired) electrons. The topological polar surface area (TPSA) is 49.8 Å². The maximum absolute atomic E-state index is 13.4. The number of carbonyl (C=O) groups is 1. The van der Waals surface area contributed by atoms with Crippen LogP contribution < -0.4 is 4.90 Å². The van der Waals surface area contributed by atoms with Crippen molar-refractivity contribution in [3.8, 4) is 0 Å². The molecule has 0 bridgehead atoms. The van der Waals surface area contributed by atoms with E-state index in [4.69, 9.17) is 9.84 Å². The summed E-state index contributed by atoms with van der Waals surface area (Å²) in [6.45, 7) is 1.19. The zero-order valence-corrected chi connectivity index (χ0v) is 9.94. The highest BCUT2D eigenvalue weighted by atomic mass is 19.1. The number of benzene rings is 1. The minimum absolute atomic E-state index is 0.285. The summed E-state index contributed by atoms with van der Waals surface area (Å²) >= 11 is 0. The van der Waals surface area contributed by atoms with Gasteiger partial charge in [-0.1, -0.05) is 6.07 Å². The zero-order chi connectivity index (χ0) is 12.8. The molecule has 0 amide bonds. The lowest BCUT2D eigenvalue weighted by atomic mass is 10.1. The van der Waals surface area contributed by atoms with Crippen molar-refractivity contribution in [3.05, 3.63) is 29.6 Å². The molecule has 0 spiro atoms. The predicted octanol–water partition coefficient (Wildman–Crippen LogP) is 2.00. The number of hydrogen-bond donors (Lipinski definition) is 1. The second kappa shape index (κ2) is 6.20. The molecule has 0 aliphatic carbocycles. The molecular formula is C12H16FNO3. The molecule has 1 N–H and O–H groups in total. The number of nitrogens with zero attached hydrogens (tertiary/aromatic N) is 1. The molecule has 17 heavy (non-hydrogen) atoms. The fourth-order valence-electron chi connectivity index (χ4n) is 1.61. The van der Waals surface area contributed by atoms with E-state index >= 15 is 0 Å². The summed E-state index contributed by atoms with van der Waals surface area (Å²) < 4.78 is 18.3. The van der Waals surface area contributed by atoms with Gasteiger partial charge in [-0.15, -0.1) is 0 Å². The third kappa shape index (κ3) is 3.42.